The summed E-state index contributed by atoms with van der Waals surface area (Å²) in [6.45, 7) is 1.09. The van der Waals surface area contributed by atoms with Gasteiger partial charge in [0.05, 0.1) is 31.8 Å². The maximum absolute atomic E-state index is 12.2. The lowest BCUT2D eigenvalue weighted by Crippen LogP contribution is -2.49. The molecule has 2 amide bonds. The van der Waals surface area contributed by atoms with Crippen molar-refractivity contribution in [1.82, 2.24) is 9.62 Å². The number of morpholine rings is 1. The van der Waals surface area contributed by atoms with Crippen LogP contribution in [0, 0.1) is 0 Å². The van der Waals surface area contributed by atoms with Crippen LogP contribution >= 0.6 is 0 Å². The van der Waals surface area contributed by atoms with E-state index in [0.717, 1.165) is 6.26 Å². The Morgan fingerprint density at radius 3 is 2.77 bits per heavy atom. The molecule has 1 aromatic rings. The van der Waals surface area contributed by atoms with Gasteiger partial charge in [-0.2, -0.15) is 4.31 Å². The van der Waals surface area contributed by atoms with Crippen molar-refractivity contribution in [2.75, 3.05) is 51.7 Å². The van der Waals surface area contributed by atoms with Crippen LogP contribution in [0.5, 0.6) is 17.2 Å². The molecule has 144 valence electrons. The van der Waals surface area contributed by atoms with Gasteiger partial charge in [-0.25, -0.2) is 13.2 Å². The first-order chi connectivity index (χ1) is 12.4. The van der Waals surface area contributed by atoms with E-state index in [9.17, 15) is 13.2 Å². The molecule has 1 aromatic carbocycles. The Balaban J connectivity index is 1.56. The number of urea groups is 1. The molecule has 0 saturated carbocycles. The van der Waals surface area contributed by atoms with Gasteiger partial charge < -0.3 is 29.6 Å². The number of nitrogens with one attached hydrogen (secondary N) is 2. The second-order valence-electron chi connectivity index (χ2n) is 5.85. The molecule has 11 heteroatoms. The van der Waals surface area contributed by atoms with Gasteiger partial charge in [0, 0.05) is 31.8 Å². The van der Waals surface area contributed by atoms with Crippen LogP contribution in [0.3, 0.4) is 0 Å². The minimum Gasteiger partial charge on any atom is -0.494 e. The first kappa shape index (κ1) is 18.5. The van der Waals surface area contributed by atoms with Crippen LogP contribution in [-0.2, 0) is 14.8 Å². The fourth-order valence-corrected chi connectivity index (χ4v) is 3.52. The van der Waals surface area contributed by atoms with Gasteiger partial charge >= 0.3 is 6.03 Å². The molecule has 1 fully saturated rings. The second-order valence-corrected chi connectivity index (χ2v) is 7.84. The first-order valence-corrected chi connectivity index (χ1v) is 9.81. The van der Waals surface area contributed by atoms with E-state index >= 15 is 0 Å². The Labute approximate surface area is 151 Å². The highest BCUT2D eigenvalue weighted by molar-refractivity contribution is 7.88. The van der Waals surface area contributed by atoms with Gasteiger partial charge in [-0.1, -0.05) is 0 Å². The molecule has 0 aromatic heterocycles. The predicted molar refractivity (Wildman–Crippen MR) is 92.3 cm³/mol. The summed E-state index contributed by atoms with van der Waals surface area (Å²) >= 11 is 0. The third-order valence-electron chi connectivity index (χ3n) is 4.00. The third-order valence-corrected chi connectivity index (χ3v) is 5.27. The highest BCUT2D eigenvalue weighted by atomic mass is 32.2. The van der Waals surface area contributed by atoms with E-state index in [1.54, 1.807) is 12.1 Å². The van der Waals surface area contributed by atoms with Gasteiger partial charge in [-0.3, -0.25) is 0 Å². The summed E-state index contributed by atoms with van der Waals surface area (Å²) in [5.41, 5.74) is 0.427. The maximum Gasteiger partial charge on any atom is 0.319 e. The summed E-state index contributed by atoms with van der Waals surface area (Å²) in [5, 5.41) is 5.34. The van der Waals surface area contributed by atoms with Crippen LogP contribution in [0.15, 0.2) is 12.1 Å². The molecule has 0 bridgehead atoms. The SMILES string of the molecule is COc1cc2c(cc1NC(=O)NC[C@H]1CN(S(C)(=O)=O)CCO1)OCO2. The number of hydrogen-bond acceptors (Lipinski definition) is 7. The number of nitrogens with zero attached hydrogens (tertiary/aromatic N) is 1. The normalized spacial score (nSPS) is 19.8. The van der Waals surface area contributed by atoms with Gasteiger partial charge in [0.25, 0.3) is 0 Å². The summed E-state index contributed by atoms with van der Waals surface area (Å²) in [5.74, 6) is 1.49. The molecule has 2 N–H and O–H groups in total. The monoisotopic (exact) mass is 387 g/mol. The molecule has 1 saturated heterocycles. The Bertz CT molecular complexity index is 784. The zero-order valence-corrected chi connectivity index (χ0v) is 15.3. The highest BCUT2D eigenvalue weighted by Gasteiger charge is 2.27. The van der Waals surface area contributed by atoms with Crippen LogP contribution in [0.2, 0.25) is 0 Å². The number of hydrogen-bond donors (Lipinski definition) is 2. The zero-order chi connectivity index (χ0) is 18.7. The Kier molecular flexibility index (Phi) is 5.39. The fourth-order valence-electron chi connectivity index (χ4n) is 2.68. The van der Waals surface area contributed by atoms with E-state index in [4.69, 9.17) is 18.9 Å². The topological polar surface area (TPSA) is 115 Å². The average Bonchev–Trinajstić information content (AvgIpc) is 3.06. The predicted octanol–water partition coefficient (Wildman–Crippen LogP) is 0.206. The van der Waals surface area contributed by atoms with E-state index in [2.05, 4.69) is 10.6 Å². The fraction of sp³-hybridized carbons (Fsp3) is 0.533. The number of methoxy groups -OCH3 is 1. The van der Waals surface area contributed by atoms with E-state index in [1.807, 2.05) is 0 Å². The van der Waals surface area contributed by atoms with Crippen LogP contribution in [0.4, 0.5) is 10.5 Å². The van der Waals surface area contributed by atoms with Crippen molar-refractivity contribution in [1.29, 1.82) is 0 Å². The van der Waals surface area contributed by atoms with Crippen molar-refractivity contribution < 1.29 is 32.2 Å². The van der Waals surface area contributed by atoms with Gasteiger partial charge in [0.15, 0.2) is 11.5 Å². The molecule has 10 nitrogen and oxygen atoms in total. The number of anilines is 1. The van der Waals surface area contributed by atoms with Gasteiger partial charge in [-0.15, -0.1) is 0 Å². The van der Waals surface area contributed by atoms with E-state index in [0.29, 0.717) is 29.5 Å². The minimum atomic E-state index is -3.28. The van der Waals surface area contributed by atoms with E-state index in [-0.39, 0.29) is 26.5 Å². The summed E-state index contributed by atoms with van der Waals surface area (Å²) < 4.78 is 45.8. The van der Waals surface area contributed by atoms with Crippen molar-refractivity contribution in [3.8, 4) is 17.2 Å². The first-order valence-electron chi connectivity index (χ1n) is 7.96. The second kappa shape index (κ2) is 7.56. The summed E-state index contributed by atoms with van der Waals surface area (Å²) in [6.07, 6.45) is 0.740. The number of carbonyl (C=O) groups is 1. The van der Waals surface area contributed by atoms with Crippen molar-refractivity contribution in [2.45, 2.75) is 6.10 Å². The van der Waals surface area contributed by atoms with Crippen LogP contribution in [0.25, 0.3) is 0 Å². The molecule has 3 rings (SSSR count). The molecule has 0 unspecified atom stereocenters. The van der Waals surface area contributed by atoms with Crippen LogP contribution < -0.4 is 24.8 Å². The zero-order valence-electron chi connectivity index (χ0n) is 14.5. The quantitative estimate of drug-likeness (QED) is 0.742. The molecule has 2 aliphatic heterocycles. The highest BCUT2D eigenvalue weighted by Crippen LogP contribution is 2.40. The van der Waals surface area contributed by atoms with Crippen molar-refractivity contribution >= 4 is 21.7 Å². The summed E-state index contributed by atoms with van der Waals surface area (Å²) in [6, 6.07) is 2.78. The van der Waals surface area contributed by atoms with Crippen molar-refractivity contribution in [3.63, 3.8) is 0 Å². The molecule has 0 radical (unpaired) electrons. The molecular weight excluding hydrogens is 366 g/mol. The van der Waals surface area contributed by atoms with Crippen LogP contribution in [0.1, 0.15) is 0 Å². The summed E-state index contributed by atoms with van der Waals surface area (Å²) in [4.78, 5) is 12.2. The van der Waals surface area contributed by atoms with Crippen molar-refractivity contribution in [2.24, 2.45) is 0 Å². The third kappa shape index (κ3) is 4.29. The average molecular weight is 387 g/mol. The lowest BCUT2D eigenvalue weighted by atomic mass is 10.2. The van der Waals surface area contributed by atoms with E-state index < -0.39 is 22.2 Å². The van der Waals surface area contributed by atoms with Gasteiger partial charge in [-0.05, 0) is 0 Å². The number of sulfonamides is 1. The van der Waals surface area contributed by atoms with Crippen molar-refractivity contribution in [3.05, 3.63) is 12.1 Å². The standard InChI is InChI=1S/C15H21N3O7S/c1-22-12-6-14-13(24-9-25-14)5-11(12)17-15(19)16-7-10-8-18(3-4-23-10)26(2,20)21/h5-6,10H,3-4,7-9H2,1-2H3,(H2,16,17,19)/t10-/m0/s1. The number of carbonyl (C=O) groups excluding carboxylic acids is 1. The van der Waals surface area contributed by atoms with E-state index in [1.165, 1.54) is 11.4 Å². The molecule has 1 atom stereocenters. The van der Waals surface area contributed by atoms with Gasteiger partial charge in [0.1, 0.15) is 5.75 Å². The molecule has 26 heavy (non-hydrogen) atoms. The largest absolute Gasteiger partial charge is 0.494 e. The molecule has 2 heterocycles. The molecular formula is C15H21N3O7S. The number of benzene rings is 1. The molecule has 0 spiro atoms. The lowest BCUT2D eigenvalue weighted by molar-refractivity contribution is 0.00167. The number of fused-ring (bicyclic) bond motifs is 1. The Morgan fingerprint density at radius 2 is 2.08 bits per heavy atom. The maximum atomic E-state index is 12.2. The molecule has 0 aliphatic carbocycles. The van der Waals surface area contributed by atoms with Gasteiger partial charge in [0.2, 0.25) is 16.8 Å². The Hall–Kier alpha value is -2.24. The lowest BCUT2D eigenvalue weighted by Gasteiger charge is -2.31. The minimum absolute atomic E-state index is 0.115. The number of amides is 2. The Morgan fingerprint density at radius 1 is 1.35 bits per heavy atom. The number of rotatable bonds is 5. The summed E-state index contributed by atoms with van der Waals surface area (Å²) in [7, 11) is -1.80. The number of ether oxygens (including phenoxy) is 4. The van der Waals surface area contributed by atoms with Crippen LogP contribution in [-0.4, -0.2) is 71.3 Å². The smallest absolute Gasteiger partial charge is 0.319 e. The molecule has 2 aliphatic rings.